The molecule has 1 heterocycles. The lowest BCUT2D eigenvalue weighted by Crippen LogP contribution is -2.09. The van der Waals surface area contributed by atoms with Crippen molar-refractivity contribution in [1.29, 1.82) is 5.26 Å². The highest BCUT2D eigenvalue weighted by Crippen LogP contribution is 2.29. The van der Waals surface area contributed by atoms with Gasteiger partial charge in [0.05, 0.1) is 21.8 Å². The molecule has 0 saturated heterocycles. The summed E-state index contributed by atoms with van der Waals surface area (Å²) in [5.74, 6) is -0.356. The summed E-state index contributed by atoms with van der Waals surface area (Å²) >= 11 is 4.64. The summed E-state index contributed by atoms with van der Waals surface area (Å²) in [5.41, 5.74) is 0.649. The minimum absolute atomic E-state index is 0.188. The van der Waals surface area contributed by atoms with E-state index < -0.39 is 5.92 Å². The monoisotopic (exact) mass is 335 g/mol. The van der Waals surface area contributed by atoms with Gasteiger partial charge in [-0.3, -0.25) is 4.79 Å². The van der Waals surface area contributed by atoms with E-state index in [4.69, 9.17) is 4.74 Å². The van der Waals surface area contributed by atoms with Crippen molar-refractivity contribution in [3.63, 3.8) is 0 Å². The molecule has 3 nitrogen and oxygen atoms in total. The molecule has 0 N–H and O–H groups in total. The third-order valence-corrected chi connectivity index (χ3v) is 4.27. The summed E-state index contributed by atoms with van der Waals surface area (Å²) in [5, 5.41) is 9.26. The fourth-order valence-electron chi connectivity index (χ4n) is 1.69. The largest absolute Gasteiger partial charge is 0.497 e. The number of carbonyl (C=O) groups is 1. The molecule has 0 bridgehead atoms. The maximum atomic E-state index is 12.3. The van der Waals surface area contributed by atoms with Gasteiger partial charge in [-0.1, -0.05) is 12.1 Å². The molecule has 0 radical (unpaired) electrons. The maximum absolute atomic E-state index is 12.3. The SMILES string of the molecule is COc1cccc(C(C#N)C(=O)c2ccc(Br)s2)c1. The Morgan fingerprint density at radius 3 is 2.79 bits per heavy atom. The predicted octanol–water partition coefficient (Wildman–Crippen LogP) is 4.01. The van der Waals surface area contributed by atoms with Crippen LogP contribution in [0.2, 0.25) is 0 Å². The molecule has 0 aliphatic rings. The maximum Gasteiger partial charge on any atom is 0.194 e. The number of hydrogen-bond donors (Lipinski definition) is 0. The highest BCUT2D eigenvalue weighted by molar-refractivity contribution is 9.11. The van der Waals surface area contributed by atoms with Crippen LogP contribution in [0.3, 0.4) is 0 Å². The second kappa shape index (κ2) is 6.00. The Morgan fingerprint density at radius 1 is 1.42 bits per heavy atom. The molecule has 0 aliphatic carbocycles. The predicted molar refractivity (Wildman–Crippen MR) is 77.7 cm³/mol. The average molecular weight is 336 g/mol. The topological polar surface area (TPSA) is 50.1 Å². The fourth-order valence-corrected chi connectivity index (χ4v) is 3.05. The van der Waals surface area contributed by atoms with E-state index in [1.165, 1.54) is 11.3 Å². The fraction of sp³-hybridized carbons (Fsp3) is 0.143. The number of ketones is 1. The molecule has 2 rings (SSSR count). The van der Waals surface area contributed by atoms with Gasteiger partial charge >= 0.3 is 0 Å². The number of Topliss-reactive ketones (excluding diaryl/α,β-unsaturated/α-hetero) is 1. The molecular weight excluding hydrogens is 326 g/mol. The second-order valence-corrected chi connectivity index (χ2v) is 6.27. The molecule has 96 valence electrons. The van der Waals surface area contributed by atoms with Crippen LogP contribution in [0, 0.1) is 11.3 Å². The number of methoxy groups -OCH3 is 1. The third kappa shape index (κ3) is 3.03. The Morgan fingerprint density at radius 2 is 2.21 bits per heavy atom. The van der Waals surface area contributed by atoms with Crippen molar-refractivity contribution in [2.75, 3.05) is 7.11 Å². The Bertz CT molecular complexity index is 645. The summed E-state index contributed by atoms with van der Waals surface area (Å²) in [6.07, 6.45) is 0. The van der Waals surface area contributed by atoms with Crippen molar-refractivity contribution in [1.82, 2.24) is 0 Å². The zero-order valence-corrected chi connectivity index (χ0v) is 12.5. The van der Waals surface area contributed by atoms with Crippen LogP contribution in [0.1, 0.15) is 21.2 Å². The van der Waals surface area contributed by atoms with E-state index in [9.17, 15) is 10.1 Å². The van der Waals surface area contributed by atoms with Gasteiger partial charge in [-0.15, -0.1) is 11.3 Å². The number of nitriles is 1. The van der Waals surface area contributed by atoms with Crippen LogP contribution in [0.5, 0.6) is 5.75 Å². The number of ether oxygens (including phenoxy) is 1. The van der Waals surface area contributed by atoms with Gasteiger partial charge in [-0.05, 0) is 45.8 Å². The van der Waals surface area contributed by atoms with Crippen molar-refractivity contribution < 1.29 is 9.53 Å². The molecule has 19 heavy (non-hydrogen) atoms. The molecule has 5 heteroatoms. The Labute approximate surface area is 123 Å². The molecule has 1 aromatic carbocycles. The third-order valence-electron chi connectivity index (χ3n) is 2.63. The summed E-state index contributed by atoms with van der Waals surface area (Å²) in [6.45, 7) is 0. The molecule has 1 atom stereocenters. The second-order valence-electron chi connectivity index (χ2n) is 3.81. The standard InChI is InChI=1S/C14H10BrNO2S/c1-18-10-4-2-3-9(7-10)11(8-16)14(17)12-5-6-13(15)19-12/h2-7,11H,1H3. The van der Waals surface area contributed by atoms with Crippen LogP contribution in [0.15, 0.2) is 40.2 Å². The molecule has 0 saturated carbocycles. The molecule has 0 aliphatic heterocycles. The molecule has 1 unspecified atom stereocenters. The van der Waals surface area contributed by atoms with Crippen LogP contribution >= 0.6 is 27.3 Å². The van der Waals surface area contributed by atoms with E-state index in [-0.39, 0.29) is 5.78 Å². The van der Waals surface area contributed by atoms with Gasteiger partial charge in [0.1, 0.15) is 11.7 Å². The first-order valence-electron chi connectivity index (χ1n) is 5.49. The van der Waals surface area contributed by atoms with E-state index >= 15 is 0 Å². The minimum Gasteiger partial charge on any atom is -0.497 e. The number of benzene rings is 1. The van der Waals surface area contributed by atoms with Gasteiger partial charge in [0.2, 0.25) is 0 Å². The summed E-state index contributed by atoms with van der Waals surface area (Å²) in [7, 11) is 1.55. The van der Waals surface area contributed by atoms with Gasteiger partial charge in [-0.2, -0.15) is 5.26 Å². The number of nitrogens with zero attached hydrogens (tertiary/aromatic N) is 1. The van der Waals surface area contributed by atoms with Crippen molar-refractivity contribution in [3.8, 4) is 11.8 Å². The van der Waals surface area contributed by atoms with E-state index in [2.05, 4.69) is 22.0 Å². The quantitative estimate of drug-likeness (QED) is 0.793. The Hall–Kier alpha value is -1.64. The molecular formula is C14H10BrNO2S. The van der Waals surface area contributed by atoms with E-state index in [1.54, 1.807) is 43.5 Å². The van der Waals surface area contributed by atoms with Crippen molar-refractivity contribution >= 4 is 33.0 Å². The van der Waals surface area contributed by atoms with Crippen LogP contribution < -0.4 is 4.74 Å². The zero-order valence-electron chi connectivity index (χ0n) is 10.1. The van der Waals surface area contributed by atoms with Crippen LogP contribution in [0.25, 0.3) is 0 Å². The van der Waals surface area contributed by atoms with E-state index in [0.717, 1.165) is 3.79 Å². The van der Waals surface area contributed by atoms with Crippen LogP contribution in [-0.2, 0) is 0 Å². The Balaban J connectivity index is 2.34. The summed E-state index contributed by atoms with van der Waals surface area (Å²) in [4.78, 5) is 12.9. The van der Waals surface area contributed by atoms with E-state index in [0.29, 0.717) is 16.2 Å². The molecule has 0 fully saturated rings. The summed E-state index contributed by atoms with van der Waals surface area (Å²) in [6, 6.07) is 12.6. The van der Waals surface area contributed by atoms with E-state index in [1.807, 2.05) is 0 Å². The Kier molecular flexibility index (Phi) is 4.35. The number of rotatable bonds is 4. The first-order valence-corrected chi connectivity index (χ1v) is 7.09. The number of hydrogen-bond acceptors (Lipinski definition) is 4. The van der Waals surface area contributed by atoms with Crippen LogP contribution in [0.4, 0.5) is 0 Å². The van der Waals surface area contributed by atoms with Gasteiger partial charge in [0.25, 0.3) is 0 Å². The zero-order chi connectivity index (χ0) is 13.8. The summed E-state index contributed by atoms with van der Waals surface area (Å²) < 4.78 is 5.99. The minimum atomic E-state index is -0.805. The molecule has 1 aromatic heterocycles. The van der Waals surface area contributed by atoms with Gasteiger partial charge in [0, 0.05) is 0 Å². The normalized spacial score (nSPS) is 11.6. The van der Waals surface area contributed by atoms with Crippen molar-refractivity contribution in [3.05, 3.63) is 50.6 Å². The molecule has 0 amide bonds. The lowest BCUT2D eigenvalue weighted by Gasteiger charge is -2.08. The van der Waals surface area contributed by atoms with Gasteiger partial charge in [-0.25, -0.2) is 0 Å². The van der Waals surface area contributed by atoms with Gasteiger partial charge < -0.3 is 4.74 Å². The highest BCUT2D eigenvalue weighted by atomic mass is 79.9. The molecule has 2 aromatic rings. The van der Waals surface area contributed by atoms with Crippen LogP contribution in [-0.4, -0.2) is 12.9 Å². The average Bonchev–Trinajstić information content (AvgIpc) is 2.86. The van der Waals surface area contributed by atoms with Crippen molar-refractivity contribution in [2.45, 2.75) is 5.92 Å². The first kappa shape index (κ1) is 13.8. The first-order chi connectivity index (χ1) is 9.15. The highest BCUT2D eigenvalue weighted by Gasteiger charge is 2.23. The molecule has 0 spiro atoms. The number of halogens is 1. The number of thiophene rings is 1. The lowest BCUT2D eigenvalue weighted by molar-refractivity contribution is 0.0983. The smallest absolute Gasteiger partial charge is 0.194 e. The van der Waals surface area contributed by atoms with Gasteiger partial charge in [0.15, 0.2) is 5.78 Å². The van der Waals surface area contributed by atoms with Crippen molar-refractivity contribution in [2.24, 2.45) is 0 Å². The lowest BCUT2D eigenvalue weighted by atomic mass is 9.95. The number of carbonyl (C=O) groups excluding carboxylic acids is 1.